The van der Waals surface area contributed by atoms with Crippen molar-refractivity contribution < 1.29 is 19.4 Å². The smallest absolute Gasteiger partial charge is 0.225 e. The highest BCUT2D eigenvalue weighted by molar-refractivity contribution is 5.80. The Bertz CT molecular complexity index is 1080. The summed E-state index contributed by atoms with van der Waals surface area (Å²) in [5, 5.41) is 14.5. The molecule has 0 spiro atoms. The number of carbonyl (C=O) groups excluding carboxylic acids is 1. The molecule has 1 saturated heterocycles. The van der Waals surface area contributed by atoms with Gasteiger partial charge in [0.15, 0.2) is 0 Å². The molecule has 5 nitrogen and oxygen atoms in total. The quantitative estimate of drug-likeness (QED) is 0.599. The molecule has 6 rings (SSSR count). The highest BCUT2D eigenvalue weighted by Crippen LogP contribution is 2.62. The fourth-order valence-electron chi connectivity index (χ4n) is 7.81. The van der Waals surface area contributed by atoms with Gasteiger partial charge in [-0.05, 0) is 96.9 Å². The summed E-state index contributed by atoms with van der Waals surface area (Å²) in [7, 11) is 0. The number of benzene rings is 2. The largest absolute Gasteiger partial charge is 0.489 e. The third-order valence-electron chi connectivity index (χ3n) is 9.81. The lowest BCUT2D eigenvalue weighted by molar-refractivity contribution is -0.130. The van der Waals surface area contributed by atoms with Gasteiger partial charge in [0, 0.05) is 13.2 Å². The van der Waals surface area contributed by atoms with Crippen LogP contribution in [0.1, 0.15) is 68.1 Å². The van der Waals surface area contributed by atoms with Crippen LogP contribution in [0.2, 0.25) is 0 Å². The first-order valence-electron chi connectivity index (χ1n) is 13.9. The zero-order valence-electron chi connectivity index (χ0n) is 21.3. The lowest BCUT2D eigenvalue weighted by Gasteiger charge is -2.50. The van der Waals surface area contributed by atoms with E-state index in [9.17, 15) is 9.90 Å². The number of carbonyl (C=O) groups is 1. The molecule has 1 aliphatic heterocycles. The fourth-order valence-corrected chi connectivity index (χ4v) is 7.81. The summed E-state index contributed by atoms with van der Waals surface area (Å²) in [6, 6.07) is 16.9. The van der Waals surface area contributed by atoms with Crippen molar-refractivity contribution in [1.29, 1.82) is 0 Å². The van der Waals surface area contributed by atoms with Crippen molar-refractivity contribution in [1.82, 2.24) is 5.32 Å². The van der Waals surface area contributed by atoms with E-state index >= 15 is 0 Å². The number of rotatable bonds is 6. The van der Waals surface area contributed by atoms with Crippen molar-refractivity contribution in [2.75, 3.05) is 13.2 Å². The summed E-state index contributed by atoms with van der Waals surface area (Å²) in [6.45, 7) is 4.18. The molecule has 4 aliphatic rings. The molecule has 1 heterocycles. The number of hydrogen-bond acceptors (Lipinski definition) is 4. The van der Waals surface area contributed by atoms with Crippen LogP contribution in [0.5, 0.6) is 5.75 Å². The Morgan fingerprint density at radius 3 is 2.83 bits per heavy atom. The average Bonchev–Trinajstić information content (AvgIpc) is 3.52. The number of fused-ring (bicyclic) bond motifs is 5. The SMILES string of the molecule is CC12CCC3c4ccc(OCc5ccccc5)cc4CCC3C1CC(C(=O)NCC1CCCO1)C2O. The van der Waals surface area contributed by atoms with E-state index in [2.05, 4.69) is 42.6 Å². The Morgan fingerprint density at radius 2 is 2.03 bits per heavy atom. The van der Waals surface area contributed by atoms with Gasteiger partial charge in [-0.1, -0.05) is 43.3 Å². The van der Waals surface area contributed by atoms with Crippen LogP contribution in [0.25, 0.3) is 0 Å². The molecule has 36 heavy (non-hydrogen) atoms. The lowest BCUT2D eigenvalue weighted by atomic mass is 9.55. The minimum atomic E-state index is -0.567. The predicted octanol–water partition coefficient (Wildman–Crippen LogP) is 5.00. The van der Waals surface area contributed by atoms with Gasteiger partial charge in [0.25, 0.3) is 0 Å². The minimum Gasteiger partial charge on any atom is -0.489 e. The first-order valence-corrected chi connectivity index (χ1v) is 13.9. The van der Waals surface area contributed by atoms with Crippen molar-refractivity contribution in [3.8, 4) is 5.75 Å². The van der Waals surface area contributed by atoms with E-state index in [1.54, 1.807) is 0 Å². The predicted molar refractivity (Wildman–Crippen MR) is 139 cm³/mol. The standard InChI is InChI=1S/C31H39NO4/c1-31-14-13-25-24-12-10-22(36-19-20-6-3-2-4-7-20)16-21(24)9-11-26(25)28(31)17-27(29(31)33)30(34)32-18-23-8-5-15-35-23/h2-4,6-7,10,12,16,23,25-29,33H,5,8-9,11,13-15,17-19H2,1H3,(H,32,34). The van der Waals surface area contributed by atoms with Gasteiger partial charge in [-0.25, -0.2) is 0 Å². The normalized spacial score (nSPS) is 34.9. The van der Waals surface area contributed by atoms with E-state index < -0.39 is 6.10 Å². The van der Waals surface area contributed by atoms with Crippen LogP contribution in [0, 0.1) is 23.2 Å². The average molecular weight is 490 g/mol. The summed E-state index contributed by atoms with van der Waals surface area (Å²) in [6.07, 6.45) is 6.65. The summed E-state index contributed by atoms with van der Waals surface area (Å²) in [4.78, 5) is 13.1. The summed E-state index contributed by atoms with van der Waals surface area (Å²) in [5.41, 5.74) is 3.87. The molecule has 2 saturated carbocycles. The second kappa shape index (κ2) is 9.83. The zero-order chi connectivity index (χ0) is 24.7. The number of hydrogen-bond donors (Lipinski definition) is 2. The van der Waals surface area contributed by atoms with Crippen LogP contribution in [0.4, 0.5) is 0 Å². The molecule has 192 valence electrons. The van der Waals surface area contributed by atoms with E-state index in [4.69, 9.17) is 9.47 Å². The molecule has 7 atom stereocenters. The number of ether oxygens (including phenoxy) is 2. The van der Waals surface area contributed by atoms with Crippen molar-refractivity contribution in [3.05, 3.63) is 65.2 Å². The van der Waals surface area contributed by atoms with E-state index in [1.165, 1.54) is 16.7 Å². The number of amides is 1. The van der Waals surface area contributed by atoms with Gasteiger partial charge < -0.3 is 19.9 Å². The lowest BCUT2D eigenvalue weighted by Crippen LogP contribution is -2.46. The summed E-state index contributed by atoms with van der Waals surface area (Å²) in [5.74, 6) is 2.06. The molecule has 3 aliphatic carbocycles. The Balaban J connectivity index is 1.14. The van der Waals surface area contributed by atoms with Gasteiger partial charge in [-0.2, -0.15) is 0 Å². The third-order valence-corrected chi connectivity index (χ3v) is 9.81. The molecular weight excluding hydrogens is 450 g/mol. The van der Waals surface area contributed by atoms with Crippen molar-refractivity contribution >= 4 is 5.91 Å². The second-order valence-corrected chi connectivity index (χ2v) is 11.8. The number of nitrogens with one attached hydrogen (secondary N) is 1. The number of aryl methyl sites for hydroxylation is 1. The summed E-state index contributed by atoms with van der Waals surface area (Å²) < 4.78 is 11.8. The van der Waals surface area contributed by atoms with E-state index in [1.807, 2.05) is 18.2 Å². The monoisotopic (exact) mass is 489 g/mol. The molecule has 0 radical (unpaired) electrons. The van der Waals surface area contributed by atoms with Crippen molar-refractivity contribution in [3.63, 3.8) is 0 Å². The van der Waals surface area contributed by atoms with Gasteiger partial charge in [-0.15, -0.1) is 0 Å². The second-order valence-electron chi connectivity index (χ2n) is 11.8. The Kier molecular flexibility index (Phi) is 6.55. The highest BCUT2D eigenvalue weighted by Gasteiger charge is 2.59. The Hall–Kier alpha value is -2.37. The Labute approximate surface area is 214 Å². The van der Waals surface area contributed by atoms with E-state index in [0.29, 0.717) is 30.9 Å². The molecular formula is C31H39NO4. The first-order chi connectivity index (χ1) is 17.5. The maximum Gasteiger partial charge on any atom is 0.225 e. The van der Waals surface area contributed by atoms with E-state index in [-0.39, 0.29) is 23.3 Å². The van der Waals surface area contributed by atoms with Crippen LogP contribution in [0.3, 0.4) is 0 Å². The molecule has 2 aromatic carbocycles. The molecule has 2 aromatic rings. The molecule has 7 unspecified atom stereocenters. The van der Waals surface area contributed by atoms with Crippen molar-refractivity contribution in [2.24, 2.45) is 23.2 Å². The van der Waals surface area contributed by atoms with Crippen LogP contribution >= 0.6 is 0 Å². The number of aliphatic hydroxyl groups is 1. The Morgan fingerprint density at radius 1 is 1.17 bits per heavy atom. The van der Waals surface area contributed by atoms with Gasteiger partial charge in [0.2, 0.25) is 5.91 Å². The van der Waals surface area contributed by atoms with Crippen molar-refractivity contribution in [2.45, 2.75) is 76.6 Å². The van der Waals surface area contributed by atoms with Gasteiger partial charge in [0.1, 0.15) is 12.4 Å². The molecule has 3 fully saturated rings. The fraction of sp³-hybridized carbons (Fsp3) is 0.581. The zero-order valence-corrected chi connectivity index (χ0v) is 21.3. The van der Waals surface area contributed by atoms with Gasteiger partial charge in [0.05, 0.1) is 18.1 Å². The maximum absolute atomic E-state index is 13.1. The summed E-state index contributed by atoms with van der Waals surface area (Å²) >= 11 is 0. The number of aliphatic hydroxyl groups excluding tert-OH is 1. The third kappa shape index (κ3) is 4.35. The van der Waals surface area contributed by atoms with E-state index in [0.717, 1.165) is 57.3 Å². The minimum absolute atomic E-state index is 0.0154. The molecule has 5 heteroatoms. The molecule has 0 bridgehead atoms. The molecule has 2 N–H and O–H groups in total. The van der Waals surface area contributed by atoms with Gasteiger partial charge in [-0.3, -0.25) is 4.79 Å². The van der Waals surface area contributed by atoms with Crippen LogP contribution in [-0.4, -0.2) is 36.4 Å². The van der Waals surface area contributed by atoms with Crippen LogP contribution in [-0.2, 0) is 22.6 Å². The maximum atomic E-state index is 13.1. The highest BCUT2D eigenvalue weighted by atomic mass is 16.5. The first kappa shape index (κ1) is 24.0. The van der Waals surface area contributed by atoms with Gasteiger partial charge >= 0.3 is 0 Å². The van der Waals surface area contributed by atoms with Crippen LogP contribution in [0.15, 0.2) is 48.5 Å². The van der Waals surface area contributed by atoms with Crippen LogP contribution < -0.4 is 10.1 Å². The molecule has 0 aromatic heterocycles. The topological polar surface area (TPSA) is 67.8 Å². The molecule has 1 amide bonds.